The molecule has 0 spiro atoms. The summed E-state index contributed by atoms with van der Waals surface area (Å²) < 4.78 is 26.3. The molecule has 84 valence electrons. The minimum atomic E-state index is -3.35. The minimum absolute atomic E-state index is 0.0600. The van der Waals surface area contributed by atoms with Gasteiger partial charge in [0.15, 0.2) is 0 Å². The van der Waals surface area contributed by atoms with Gasteiger partial charge in [0.2, 0.25) is 10.0 Å². The van der Waals surface area contributed by atoms with Crippen molar-refractivity contribution in [2.24, 2.45) is 5.92 Å². The molecule has 0 fully saturated rings. The van der Waals surface area contributed by atoms with E-state index in [0.29, 0.717) is 4.90 Å². The number of sulfonamides is 1. The van der Waals surface area contributed by atoms with Crippen LogP contribution in [-0.2, 0) is 10.0 Å². The molecule has 0 bridgehead atoms. The van der Waals surface area contributed by atoms with E-state index in [9.17, 15) is 8.42 Å². The molecular formula is C11H17NO2S. The predicted molar refractivity (Wildman–Crippen MR) is 61.1 cm³/mol. The van der Waals surface area contributed by atoms with Gasteiger partial charge in [-0.25, -0.2) is 13.1 Å². The molecule has 1 atom stereocenters. The summed E-state index contributed by atoms with van der Waals surface area (Å²) in [6.45, 7) is 5.83. The molecule has 1 rings (SSSR count). The summed E-state index contributed by atoms with van der Waals surface area (Å²) in [5.74, 6) is 0.281. The van der Waals surface area contributed by atoms with Crippen LogP contribution in [0, 0.1) is 5.92 Å². The van der Waals surface area contributed by atoms with Crippen LogP contribution in [-0.4, -0.2) is 14.5 Å². The van der Waals surface area contributed by atoms with E-state index >= 15 is 0 Å². The predicted octanol–water partition coefficient (Wildman–Crippen LogP) is 2.01. The van der Waals surface area contributed by atoms with Crippen molar-refractivity contribution in [1.29, 1.82) is 0 Å². The van der Waals surface area contributed by atoms with Crippen LogP contribution in [0.5, 0.6) is 0 Å². The molecule has 3 nitrogen and oxygen atoms in total. The van der Waals surface area contributed by atoms with Crippen molar-refractivity contribution in [3.8, 4) is 0 Å². The molecule has 0 unspecified atom stereocenters. The lowest BCUT2D eigenvalue weighted by Crippen LogP contribution is -2.36. The third-order valence-electron chi connectivity index (χ3n) is 2.39. The lowest BCUT2D eigenvalue weighted by molar-refractivity contribution is 0.476. The van der Waals surface area contributed by atoms with Gasteiger partial charge in [0.05, 0.1) is 4.90 Å². The molecule has 15 heavy (non-hydrogen) atoms. The molecule has 0 saturated carbocycles. The average Bonchev–Trinajstić information content (AvgIpc) is 2.18. The van der Waals surface area contributed by atoms with E-state index in [1.54, 1.807) is 30.3 Å². The largest absolute Gasteiger partial charge is 0.240 e. The highest BCUT2D eigenvalue weighted by Crippen LogP contribution is 2.10. The first-order chi connectivity index (χ1) is 6.93. The van der Waals surface area contributed by atoms with Crippen LogP contribution in [0.25, 0.3) is 0 Å². The average molecular weight is 227 g/mol. The lowest BCUT2D eigenvalue weighted by atomic mass is 10.1. The Morgan fingerprint density at radius 3 is 2.07 bits per heavy atom. The molecule has 4 heteroatoms. The molecular weight excluding hydrogens is 210 g/mol. The number of benzene rings is 1. The minimum Gasteiger partial charge on any atom is -0.208 e. The van der Waals surface area contributed by atoms with Crippen molar-refractivity contribution < 1.29 is 8.42 Å². The summed E-state index contributed by atoms with van der Waals surface area (Å²) in [5.41, 5.74) is 0. The van der Waals surface area contributed by atoms with Gasteiger partial charge in [-0.2, -0.15) is 0 Å². The second kappa shape index (κ2) is 4.77. The van der Waals surface area contributed by atoms with E-state index in [2.05, 4.69) is 4.72 Å². The van der Waals surface area contributed by atoms with E-state index in [1.807, 2.05) is 20.8 Å². The Labute approximate surface area is 91.6 Å². The normalized spacial score (nSPS) is 14.1. The first-order valence-electron chi connectivity index (χ1n) is 5.01. The first-order valence-corrected chi connectivity index (χ1v) is 6.49. The Balaban J connectivity index is 2.86. The summed E-state index contributed by atoms with van der Waals surface area (Å²) in [4.78, 5) is 0.317. The van der Waals surface area contributed by atoms with Crippen LogP contribution in [0.2, 0.25) is 0 Å². The van der Waals surface area contributed by atoms with E-state index in [-0.39, 0.29) is 12.0 Å². The number of rotatable bonds is 4. The fourth-order valence-electron chi connectivity index (χ4n) is 1.05. The van der Waals surface area contributed by atoms with Gasteiger partial charge in [-0.1, -0.05) is 32.0 Å². The third kappa shape index (κ3) is 3.32. The Kier molecular flexibility index (Phi) is 3.88. The van der Waals surface area contributed by atoms with Gasteiger partial charge in [-0.3, -0.25) is 0 Å². The number of nitrogens with one attached hydrogen (secondary N) is 1. The molecule has 1 N–H and O–H groups in total. The van der Waals surface area contributed by atoms with Crippen LogP contribution in [0.3, 0.4) is 0 Å². The Hall–Kier alpha value is -0.870. The summed E-state index contributed by atoms with van der Waals surface area (Å²) in [6, 6.07) is 8.36. The van der Waals surface area contributed by atoms with Crippen molar-refractivity contribution in [2.75, 3.05) is 0 Å². The smallest absolute Gasteiger partial charge is 0.208 e. The summed E-state index contributed by atoms with van der Waals surface area (Å²) in [5, 5.41) is 0. The zero-order chi connectivity index (χ0) is 11.5. The van der Waals surface area contributed by atoms with Crippen LogP contribution < -0.4 is 4.72 Å². The zero-order valence-corrected chi connectivity index (χ0v) is 10.1. The molecule has 0 aliphatic heterocycles. The Bertz CT molecular complexity index is 398. The summed E-state index contributed by atoms with van der Waals surface area (Å²) in [6.07, 6.45) is 0. The van der Waals surface area contributed by atoms with Gasteiger partial charge < -0.3 is 0 Å². The first kappa shape index (κ1) is 12.2. The molecule has 0 saturated heterocycles. The van der Waals surface area contributed by atoms with Crippen LogP contribution in [0.1, 0.15) is 20.8 Å². The van der Waals surface area contributed by atoms with Gasteiger partial charge in [-0.05, 0) is 25.0 Å². The molecule has 0 radical (unpaired) electrons. The van der Waals surface area contributed by atoms with Crippen molar-refractivity contribution >= 4 is 10.0 Å². The monoisotopic (exact) mass is 227 g/mol. The molecule has 0 aliphatic rings. The van der Waals surface area contributed by atoms with Crippen molar-refractivity contribution in [2.45, 2.75) is 31.7 Å². The lowest BCUT2D eigenvalue weighted by Gasteiger charge is -2.17. The van der Waals surface area contributed by atoms with E-state index in [4.69, 9.17) is 0 Å². The zero-order valence-electron chi connectivity index (χ0n) is 9.27. The number of hydrogen-bond donors (Lipinski definition) is 1. The van der Waals surface area contributed by atoms with E-state index in [1.165, 1.54) is 0 Å². The van der Waals surface area contributed by atoms with Gasteiger partial charge in [0.1, 0.15) is 0 Å². The van der Waals surface area contributed by atoms with Gasteiger partial charge in [-0.15, -0.1) is 0 Å². The SMILES string of the molecule is CC(C)[C@H](C)NS(=O)(=O)c1ccccc1. The van der Waals surface area contributed by atoms with Gasteiger partial charge in [0.25, 0.3) is 0 Å². The maximum Gasteiger partial charge on any atom is 0.240 e. The Morgan fingerprint density at radius 2 is 1.60 bits per heavy atom. The highest BCUT2D eigenvalue weighted by atomic mass is 32.2. The van der Waals surface area contributed by atoms with Crippen LogP contribution in [0.4, 0.5) is 0 Å². The van der Waals surface area contributed by atoms with E-state index in [0.717, 1.165) is 0 Å². The maximum absolute atomic E-state index is 11.8. The summed E-state index contributed by atoms with van der Waals surface area (Å²) in [7, 11) is -3.35. The molecule has 1 aromatic rings. The molecule has 0 aliphatic carbocycles. The van der Waals surface area contributed by atoms with Crippen LogP contribution in [0.15, 0.2) is 35.2 Å². The third-order valence-corrected chi connectivity index (χ3v) is 3.97. The fraction of sp³-hybridized carbons (Fsp3) is 0.455. The van der Waals surface area contributed by atoms with Crippen molar-refractivity contribution in [1.82, 2.24) is 4.72 Å². The summed E-state index contributed by atoms with van der Waals surface area (Å²) >= 11 is 0. The van der Waals surface area contributed by atoms with Crippen molar-refractivity contribution in [3.05, 3.63) is 30.3 Å². The molecule has 0 amide bonds. The standard InChI is InChI=1S/C11H17NO2S/c1-9(2)10(3)12-15(13,14)11-7-5-4-6-8-11/h4-10,12H,1-3H3/t10-/m0/s1. The highest BCUT2D eigenvalue weighted by molar-refractivity contribution is 7.89. The second-order valence-corrected chi connectivity index (χ2v) is 5.68. The van der Waals surface area contributed by atoms with Gasteiger partial charge >= 0.3 is 0 Å². The fourth-order valence-corrected chi connectivity index (χ4v) is 2.46. The number of hydrogen-bond acceptors (Lipinski definition) is 2. The molecule has 1 aromatic carbocycles. The maximum atomic E-state index is 11.8. The topological polar surface area (TPSA) is 46.2 Å². The van der Waals surface area contributed by atoms with Gasteiger partial charge in [0, 0.05) is 6.04 Å². The van der Waals surface area contributed by atoms with Crippen molar-refractivity contribution in [3.63, 3.8) is 0 Å². The Morgan fingerprint density at radius 1 is 1.07 bits per heavy atom. The quantitative estimate of drug-likeness (QED) is 0.855. The van der Waals surface area contributed by atoms with E-state index < -0.39 is 10.0 Å². The molecule has 0 heterocycles. The molecule has 0 aromatic heterocycles. The second-order valence-electron chi connectivity index (χ2n) is 3.97. The van der Waals surface area contributed by atoms with Crippen LogP contribution >= 0.6 is 0 Å². The highest BCUT2D eigenvalue weighted by Gasteiger charge is 2.18.